The fourth-order valence-electron chi connectivity index (χ4n) is 4.91. The summed E-state index contributed by atoms with van der Waals surface area (Å²) in [6.07, 6.45) is 4.12. The smallest absolute Gasteiger partial charge is 0.183 e. The molecule has 3 rings (SSSR count). The lowest BCUT2D eigenvalue weighted by Crippen LogP contribution is -2.41. The molecule has 5 heteroatoms. The first-order valence-corrected chi connectivity index (χ1v) is 11.4. The van der Waals surface area contributed by atoms with E-state index in [2.05, 4.69) is 0 Å². The fraction of sp³-hybridized carbons (Fsp3) is 0.520. The molecule has 0 radical (unpaired) electrons. The van der Waals surface area contributed by atoms with Crippen molar-refractivity contribution in [2.24, 2.45) is 11.3 Å². The number of allylic oxidation sites excluding steroid dienone is 3. The van der Waals surface area contributed by atoms with Crippen molar-refractivity contribution in [2.45, 2.75) is 71.6 Å². The molecule has 2 N–H and O–H groups in total. The van der Waals surface area contributed by atoms with E-state index in [4.69, 9.17) is 11.6 Å². The summed E-state index contributed by atoms with van der Waals surface area (Å²) in [5.74, 6) is -1.34. The first-order valence-electron chi connectivity index (χ1n) is 11.0. The summed E-state index contributed by atoms with van der Waals surface area (Å²) in [5, 5.41) is 22.6. The third-order valence-electron chi connectivity index (χ3n) is 6.45. The van der Waals surface area contributed by atoms with Crippen LogP contribution in [-0.2, 0) is 9.59 Å². The van der Waals surface area contributed by atoms with Gasteiger partial charge < -0.3 is 10.2 Å². The van der Waals surface area contributed by atoms with E-state index in [0.717, 1.165) is 5.56 Å². The Kier molecular flexibility index (Phi) is 6.76. The fourth-order valence-corrected chi connectivity index (χ4v) is 5.04. The van der Waals surface area contributed by atoms with Gasteiger partial charge in [0.2, 0.25) is 0 Å². The normalized spacial score (nSPS) is 23.1. The van der Waals surface area contributed by atoms with Crippen molar-refractivity contribution in [1.29, 1.82) is 0 Å². The van der Waals surface area contributed by atoms with Crippen LogP contribution in [0.25, 0.3) is 0 Å². The summed E-state index contributed by atoms with van der Waals surface area (Å²) in [7, 11) is 0. The van der Waals surface area contributed by atoms with E-state index in [0.29, 0.717) is 55.5 Å². The number of carbonyl (C=O) groups excluding carboxylic acids is 2. The Bertz CT molecular complexity index is 888. The third-order valence-corrected chi connectivity index (χ3v) is 6.70. The Morgan fingerprint density at radius 1 is 1.07 bits per heavy atom. The van der Waals surface area contributed by atoms with Gasteiger partial charge in [-0.3, -0.25) is 9.59 Å². The zero-order valence-electron chi connectivity index (χ0n) is 18.0. The van der Waals surface area contributed by atoms with Gasteiger partial charge in [0.05, 0.1) is 5.41 Å². The molecule has 1 aromatic rings. The third kappa shape index (κ3) is 3.82. The average Bonchev–Trinajstić information content (AvgIpc) is 3.51. The van der Waals surface area contributed by atoms with E-state index in [1.165, 1.54) is 0 Å². The number of carbonyl (C=O) groups is 2. The highest BCUT2D eigenvalue weighted by Crippen LogP contribution is 2.53. The van der Waals surface area contributed by atoms with Crippen LogP contribution in [0, 0.1) is 11.3 Å². The molecule has 162 valence electrons. The molecule has 0 heterocycles. The van der Waals surface area contributed by atoms with Crippen molar-refractivity contribution in [3.63, 3.8) is 0 Å². The number of aliphatic hydroxyl groups excluding tert-OH is 2. The quantitative estimate of drug-likeness (QED) is 0.432. The second-order valence-electron chi connectivity index (χ2n) is 8.58. The van der Waals surface area contributed by atoms with Gasteiger partial charge in [-0.1, -0.05) is 63.8 Å². The molecular formula is C25H31ClO4. The van der Waals surface area contributed by atoms with Gasteiger partial charge in [0.15, 0.2) is 11.6 Å². The zero-order valence-corrected chi connectivity index (χ0v) is 18.8. The molecule has 2 unspecified atom stereocenters. The van der Waals surface area contributed by atoms with Gasteiger partial charge in [-0.15, -0.1) is 0 Å². The van der Waals surface area contributed by atoms with Gasteiger partial charge in [-0.2, -0.15) is 0 Å². The van der Waals surface area contributed by atoms with Crippen molar-refractivity contribution in [2.75, 3.05) is 0 Å². The van der Waals surface area contributed by atoms with E-state index in [9.17, 15) is 19.8 Å². The van der Waals surface area contributed by atoms with Gasteiger partial charge in [-0.05, 0) is 49.3 Å². The van der Waals surface area contributed by atoms with Crippen molar-refractivity contribution in [3.8, 4) is 0 Å². The molecule has 4 nitrogen and oxygen atoms in total. The molecule has 0 saturated heterocycles. The molecule has 0 bridgehead atoms. The van der Waals surface area contributed by atoms with E-state index < -0.39 is 11.2 Å². The Labute approximate surface area is 183 Å². The van der Waals surface area contributed by atoms with Crippen molar-refractivity contribution < 1.29 is 19.8 Å². The van der Waals surface area contributed by atoms with Gasteiger partial charge in [0.1, 0.15) is 17.1 Å². The number of halogens is 1. The number of rotatable bonds is 9. The lowest BCUT2D eigenvalue weighted by atomic mass is 9.66. The van der Waals surface area contributed by atoms with Gasteiger partial charge in [0, 0.05) is 16.5 Å². The number of hydrogen-bond acceptors (Lipinski definition) is 4. The summed E-state index contributed by atoms with van der Waals surface area (Å²) in [4.78, 5) is 27.0. The van der Waals surface area contributed by atoms with Crippen LogP contribution in [0.15, 0.2) is 46.9 Å². The number of hydrogen-bond donors (Lipinski definition) is 2. The lowest BCUT2D eigenvalue weighted by Gasteiger charge is -2.37. The molecule has 1 saturated carbocycles. The minimum Gasteiger partial charge on any atom is -0.511 e. The van der Waals surface area contributed by atoms with Crippen LogP contribution >= 0.6 is 11.6 Å². The van der Waals surface area contributed by atoms with Crippen LogP contribution < -0.4 is 0 Å². The molecule has 0 aliphatic heterocycles. The summed E-state index contributed by atoms with van der Waals surface area (Å²) >= 11 is 5.96. The molecule has 30 heavy (non-hydrogen) atoms. The minimum absolute atomic E-state index is 0.0304. The molecule has 1 aromatic carbocycles. The summed E-state index contributed by atoms with van der Waals surface area (Å²) in [6.45, 7) is 5.88. The van der Waals surface area contributed by atoms with Crippen LogP contribution in [0.1, 0.15) is 77.2 Å². The van der Waals surface area contributed by atoms with Gasteiger partial charge >= 0.3 is 0 Å². The number of benzene rings is 1. The predicted octanol–water partition coefficient (Wildman–Crippen LogP) is 6.61. The van der Waals surface area contributed by atoms with Crippen LogP contribution in [0.4, 0.5) is 0 Å². The Morgan fingerprint density at radius 3 is 2.20 bits per heavy atom. The van der Waals surface area contributed by atoms with Gasteiger partial charge in [0.25, 0.3) is 0 Å². The van der Waals surface area contributed by atoms with Crippen LogP contribution in [0.3, 0.4) is 0 Å². The van der Waals surface area contributed by atoms with Crippen LogP contribution in [-0.4, -0.2) is 21.8 Å². The van der Waals surface area contributed by atoms with Crippen molar-refractivity contribution in [3.05, 3.63) is 57.5 Å². The Balaban J connectivity index is 2.00. The monoisotopic (exact) mass is 430 g/mol. The molecule has 0 amide bonds. The SMILES string of the molecule is CCCC1=C(O)C(CCC)(CCC)C(=O)C(C(=O)C2CC2c2ccc(Cl)cc2)=C1O. The summed E-state index contributed by atoms with van der Waals surface area (Å²) in [5.41, 5.74) is 0.183. The zero-order chi connectivity index (χ0) is 22.1. The lowest BCUT2D eigenvalue weighted by molar-refractivity contribution is -0.129. The number of aliphatic hydroxyl groups is 2. The predicted molar refractivity (Wildman–Crippen MR) is 119 cm³/mol. The first kappa shape index (κ1) is 22.6. The van der Waals surface area contributed by atoms with E-state index in [-0.39, 0.29) is 34.7 Å². The molecular weight excluding hydrogens is 400 g/mol. The summed E-state index contributed by atoms with van der Waals surface area (Å²) in [6, 6.07) is 7.41. The van der Waals surface area contributed by atoms with E-state index in [1.807, 2.05) is 32.9 Å². The largest absolute Gasteiger partial charge is 0.511 e. The molecule has 2 atom stereocenters. The maximum absolute atomic E-state index is 13.6. The van der Waals surface area contributed by atoms with Crippen molar-refractivity contribution in [1.82, 2.24) is 0 Å². The second kappa shape index (κ2) is 8.97. The van der Waals surface area contributed by atoms with Crippen molar-refractivity contribution >= 4 is 23.2 Å². The van der Waals surface area contributed by atoms with E-state index >= 15 is 0 Å². The number of Topliss-reactive ketones (excluding diaryl/α,β-unsaturated/α-hetero) is 2. The Morgan fingerprint density at radius 2 is 1.67 bits per heavy atom. The standard InChI is InChI=1S/C25H31ClO4/c1-4-7-17-21(27)20(24(30)25(12-5-2,13-6-3)23(17)29)22(28)19-14-18(19)15-8-10-16(26)11-9-15/h8-11,18-19,27,29H,4-7,12-14H2,1-3H3. The highest BCUT2D eigenvalue weighted by molar-refractivity contribution is 6.30. The molecule has 2 aliphatic carbocycles. The first-order chi connectivity index (χ1) is 14.3. The molecule has 1 fully saturated rings. The van der Waals surface area contributed by atoms with Crippen LogP contribution in [0.2, 0.25) is 5.02 Å². The highest BCUT2D eigenvalue weighted by atomic mass is 35.5. The minimum atomic E-state index is -1.10. The van der Waals surface area contributed by atoms with Crippen LogP contribution in [0.5, 0.6) is 0 Å². The maximum Gasteiger partial charge on any atom is 0.183 e. The topological polar surface area (TPSA) is 74.6 Å². The highest BCUT2D eigenvalue weighted by Gasteiger charge is 2.54. The van der Waals surface area contributed by atoms with E-state index in [1.54, 1.807) is 12.1 Å². The Hall–Kier alpha value is -2.07. The molecule has 0 spiro atoms. The summed E-state index contributed by atoms with van der Waals surface area (Å²) < 4.78 is 0. The molecule has 2 aliphatic rings. The van der Waals surface area contributed by atoms with Gasteiger partial charge in [-0.25, -0.2) is 0 Å². The average molecular weight is 431 g/mol. The number of ketones is 2. The maximum atomic E-state index is 13.6. The second-order valence-corrected chi connectivity index (χ2v) is 9.01. The molecule has 0 aromatic heterocycles.